The maximum Gasteiger partial charge on any atom is 0.274 e. The third kappa shape index (κ3) is 10.2. The van der Waals surface area contributed by atoms with Crippen LogP contribution >= 0.6 is 23.2 Å². The fourth-order valence-corrected chi connectivity index (χ4v) is 1.54. The summed E-state index contributed by atoms with van der Waals surface area (Å²) in [6.45, 7) is 5.11. The van der Waals surface area contributed by atoms with Gasteiger partial charge in [-0.3, -0.25) is 10.1 Å². The van der Waals surface area contributed by atoms with Gasteiger partial charge in [0.1, 0.15) is 0 Å². The van der Waals surface area contributed by atoms with Crippen LogP contribution in [0.5, 0.6) is 0 Å². The van der Waals surface area contributed by atoms with E-state index in [1.807, 2.05) is 19.9 Å². The molecule has 0 aliphatic heterocycles. The van der Waals surface area contributed by atoms with Crippen molar-refractivity contribution in [2.45, 2.75) is 13.8 Å². The molecule has 0 spiro atoms. The molecule has 0 saturated carbocycles. The van der Waals surface area contributed by atoms with E-state index in [-0.39, 0.29) is 0 Å². The molecule has 0 unspecified atom stereocenters. The van der Waals surface area contributed by atoms with Gasteiger partial charge in [-0.25, -0.2) is 0 Å². The molecular formula is C12H17Cl2N3O2. The summed E-state index contributed by atoms with van der Waals surface area (Å²) < 4.78 is 0. The molecule has 0 heterocycles. The minimum atomic E-state index is -0.485. The zero-order valence-corrected chi connectivity index (χ0v) is 12.3. The van der Waals surface area contributed by atoms with Crippen LogP contribution in [0, 0.1) is 10.1 Å². The maximum absolute atomic E-state index is 10.0. The predicted molar refractivity (Wildman–Crippen MR) is 78.9 cm³/mol. The van der Waals surface area contributed by atoms with Gasteiger partial charge in [-0.15, -0.1) is 0 Å². The lowest BCUT2D eigenvalue weighted by atomic mass is 10.4. The van der Waals surface area contributed by atoms with Gasteiger partial charge in [0.25, 0.3) is 6.20 Å². The standard InChI is InChI=1S/C6H4Cl2.C6H13N3O2/c7-5-2-1-3-6(8)4-5;1-3-7-6(8-4-2)5-9(10)11/h1-4H;5,7-8H,3-4H2,1-2H3. The predicted octanol–water partition coefficient (Wildman–Crippen LogP) is 3.27. The van der Waals surface area contributed by atoms with Gasteiger partial charge in [0.05, 0.1) is 4.92 Å². The molecule has 106 valence electrons. The summed E-state index contributed by atoms with van der Waals surface area (Å²) in [5, 5.41) is 17.0. The van der Waals surface area contributed by atoms with Crippen molar-refractivity contribution in [3.8, 4) is 0 Å². The quantitative estimate of drug-likeness (QED) is 0.647. The normalized spacial score (nSPS) is 8.84. The summed E-state index contributed by atoms with van der Waals surface area (Å²) in [5.74, 6) is 0.458. The molecule has 1 aromatic carbocycles. The van der Waals surface area contributed by atoms with Crippen LogP contribution in [0.3, 0.4) is 0 Å². The molecule has 0 saturated heterocycles. The number of halogens is 2. The lowest BCUT2D eigenvalue weighted by Gasteiger charge is -2.05. The van der Waals surface area contributed by atoms with E-state index in [0.29, 0.717) is 29.0 Å². The number of hydrogen-bond donors (Lipinski definition) is 2. The zero-order chi connectivity index (χ0) is 14.7. The molecule has 0 aliphatic rings. The van der Waals surface area contributed by atoms with E-state index in [1.165, 1.54) is 0 Å². The lowest BCUT2D eigenvalue weighted by molar-refractivity contribution is -0.404. The third-order valence-corrected chi connectivity index (χ3v) is 2.23. The second kappa shape index (κ2) is 10.5. The highest BCUT2D eigenvalue weighted by molar-refractivity contribution is 6.34. The van der Waals surface area contributed by atoms with E-state index in [9.17, 15) is 10.1 Å². The van der Waals surface area contributed by atoms with Crippen molar-refractivity contribution in [2.75, 3.05) is 13.1 Å². The van der Waals surface area contributed by atoms with Gasteiger partial charge >= 0.3 is 0 Å². The van der Waals surface area contributed by atoms with Crippen molar-refractivity contribution in [3.05, 3.63) is 56.4 Å². The van der Waals surface area contributed by atoms with Gasteiger partial charge in [0, 0.05) is 23.1 Å². The Morgan fingerprint density at radius 2 is 1.74 bits per heavy atom. The molecule has 0 aliphatic carbocycles. The van der Waals surface area contributed by atoms with Crippen LogP contribution in [0.25, 0.3) is 0 Å². The summed E-state index contributed by atoms with van der Waals surface area (Å²) >= 11 is 11.1. The first-order valence-electron chi connectivity index (χ1n) is 5.73. The summed E-state index contributed by atoms with van der Waals surface area (Å²) in [6.07, 6.45) is 0.924. The Bertz CT molecular complexity index is 400. The molecule has 0 amide bonds. The average molecular weight is 306 g/mol. The van der Waals surface area contributed by atoms with Crippen LogP contribution in [-0.2, 0) is 0 Å². The largest absolute Gasteiger partial charge is 0.367 e. The minimum absolute atomic E-state index is 0.458. The van der Waals surface area contributed by atoms with E-state index >= 15 is 0 Å². The van der Waals surface area contributed by atoms with Gasteiger partial charge in [-0.2, -0.15) is 0 Å². The number of nitrogens with one attached hydrogen (secondary N) is 2. The average Bonchev–Trinajstić information content (AvgIpc) is 2.29. The molecule has 0 aromatic heterocycles. The van der Waals surface area contributed by atoms with Gasteiger partial charge in [0.15, 0.2) is 5.82 Å². The first kappa shape index (κ1) is 17.5. The second-order valence-electron chi connectivity index (χ2n) is 3.33. The molecule has 1 rings (SSSR count). The Balaban J connectivity index is 0.000000356. The topological polar surface area (TPSA) is 67.2 Å². The summed E-state index contributed by atoms with van der Waals surface area (Å²) in [6, 6.07) is 7.08. The molecule has 19 heavy (non-hydrogen) atoms. The highest BCUT2D eigenvalue weighted by atomic mass is 35.5. The van der Waals surface area contributed by atoms with Crippen molar-refractivity contribution in [1.29, 1.82) is 0 Å². The van der Waals surface area contributed by atoms with Crippen molar-refractivity contribution < 1.29 is 4.92 Å². The molecule has 1 aromatic rings. The molecule has 7 heteroatoms. The van der Waals surface area contributed by atoms with Crippen molar-refractivity contribution in [1.82, 2.24) is 10.6 Å². The minimum Gasteiger partial charge on any atom is -0.367 e. The Hall–Kier alpha value is -1.46. The smallest absolute Gasteiger partial charge is 0.274 e. The molecule has 2 N–H and O–H groups in total. The Labute approximate surface area is 122 Å². The van der Waals surface area contributed by atoms with Gasteiger partial charge in [-0.05, 0) is 32.0 Å². The number of rotatable bonds is 5. The van der Waals surface area contributed by atoms with E-state index in [4.69, 9.17) is 23.2 Å². The van der Waals surface area contributed by atoms with Gasteiger partial charge in [0.2, 0.25) is 0 Å². The lowest BCUT2D eigenvalue weighted by Crippen LogP contribution is -2.26. The fraction of sp³-hybridized carbons (Fsp3) is 0.333. The van der Waals surface area contributed by atoms with Gasteiger partial charge < -0.3 is 10.6 Å². The Morgan fingerprint density at radius 1 is 1.26 bits per heavy atom. The van der Waals surface area contributed by atoms with E-state index in [0.717, 1.165) is 6.20 Å². The molecule has 0 bridgehead atoms. The van der Waals surface area contributed by atoms with Crippen LogP contribution in [0.2, 0.25) is 10.0 Å². The summed E-state index contributed by atoms with van der Waals surface area (Å²) in [7, 11) is 0. The van der Waals surface area contributed by atoms with Crippen LogP contribution in [-0.4, -0.2) is 18.0 Å². The maximum atomic E-state index is 10.0. The van der Waals surface area contributed by atoms with Crippen LogP contribution in [0.4, 0.5) is 0 Å². The number of benzene rings is 1. The Kier molecular flexibility index (Phi) is 9.66. The summed E-state index contributed by atoms with van der Waals surface area (Å²) in [5.41, 5.74) is 0. The van der Waals surface area contributed by atoms with Crippen molar-refractivity contribution in [3.63, 3.8) is 0 Å². The molecular weight excluding hydrogens is 289 g/mol. The molecule has 0 atom stereocenters. The van der Waals surface area contributed by atoms with Crippen molar-refractivity contribution >= 4 is 23.2 Å². The fourth-order valence-electron chi connectivity index (χ4n) is 1.10. The SMILES string of the molecule is CCNC(=C[N+](=O)[O-])NCC.Clc1cccc(Cl)c1. The van der Waals surface area contributed by atoms with Gasteiger partial charge in [-0.1, -0.05) is 29.3 Å². The van der Waals surface area contributed by atoms with E-state index in [1.54, 1.807) is 18.2 Å². The van der Waals surface area contributed by atoms with E-state index in [2.05, 4.69) is 10.6 Å². The highest BCUT2D eigenvalue weighted by Crippen LogP contribution is 2.13. The van der Waals surface area contributed by atoms with Crippen LogP contribution in [0.15, 0.2) is 36.3 Å². The first-order valence-corrected chi connectivity index (χ1v) is 6.49. The zero-order valence-electron chi connectivity index (χ0n) is 10.8. The Morgan fingerprint density at radius 3 is 2.00 bits per heavy atom. The monoisotopic (exact) mass is 305 g/mol. The van der Waals surface area contributed by atoms with Crippen molar-refractivity contribution in [2.24, 2.45) is 0 Å². The molecule has 5 nitrogen and oxygen atoms in total. The highest BCUT2D eigenvalue weighted by Gasteiger charge is 1.97. The molecule has 0 fully saturated rings. The molecule has 0 radical (unpaired) electrons. The number of nitro groups is 1. The number of hydrogen-bond acceptors (Lipinski definition) is 4. The van der Waals surface area contributed by atoms with E-state index < -0.39 is 4.92 Å². The third-order valence-electron chi connectivity index (χ3n) is 1.76. The van der Waals surface area contributed by atoms with Crippen LogP contribution < -0.4 is 10.6 Å². The summed E-state index contributed by atoms with van der Waals surface area (Å²) in [4.78, 5) is 9.52. The second-order valence-corrected chi connectivity index (χ2v) is 4.20. The first-order chi connectivity index (χ1) is 8.99. The van der Waals surface area contributed by atoms with Crippen LogP contribution in [0.1, 0.15) is 13.8 Å². The number of nitrogens with zero attached hydrogens (tertiary/aromatic N) is 1.